The van der Waals surface area contributed by atoms with Crippen LogP contribution in [0.3, 0.4) is 0 Å². The van der Waals surface area contributed by atoms with Crippen LogP contribution in [-0.2, 0) is 0 Å². The van der Waals surface area contributed by atoms with Gasteiger partial charge in [0.15, 0.2) is 0 Å². The monoisotopic (exact) mass is 1730 g/mol. The minimum Gasteiger partial charge on any atom is -0.0654 e. The normalized spacial score (nSPS) is 12.5. The van der Waals surface area contributed by atoms with E-state index in [1.165, 1.54) is 427 Å². The van der Waals surface area contributed by atoms with E-state index in [2.05, 4.69) is 347 Å². The van der Waals surface area contributed by atoms with Crippen molar-refractivity contribution in [3.8, 4) is 89.0 Å². The second-order valence-corrected chi connectivity index (χ2v) is 38.9. The van der Waals surface area contributed by atoms with Gasteiger partial charge in [-0.25, -0.2) is 0 Å². The van der Waals surface area contributed by atoms with Gasteiger partial charge in [0.1, 0.15) is 0 Å². The van der Waals surface area contributed by atoms with Crippen LogP contribution in [0.1, 0.15) is 406 Å². The molecule has 684 valence electrons. The average molecular weight is 1730 g/mol. The highest BCUT2D eigenvalue weighted by molar-refractivity contribution is 6.05. The number of rotatable bonds is 60. The molecule has 0 aliphatic carbocycles. The van der Waals surface area contributed by atoms with Crippen LogP contribution in [0, 0.1) is 0 Å². The van der Waals surface area contributed by atoms with E-state index in [-0.39, 0.29) is 0 Å². The highest BCUT2D eigenvalue weighted by atomic mass is 14.3. The lowest BCUT2D eigenvalue weighted by molar-refractivity contribution is 0.495. The predicted molar refractivity (Wildman–Crippen MR) is 574 cm³/mol. The summed E-state index contributed by atoms with van der Waals surface area (Å²) < 4.78 is 0. The molecule has 12 rings (SSSR count). The maximum atomic E-state index is 2.45. The van der Waals surface area contributed by atoms with Crippen LogP contribution in [0.25, 0.3) is 100 Å². The first-order valence-corrected chi connectivity index (χ1v) is 53.2. The van der Waals surface area contributed by atoms with Crippen molar-refractivity contribution in [3.05, 3.63) is 336 Å². The molecule has 0 nitrogen and oxygen atoms in total. The van der Waals surface area contributed by atoms with E-state index in [9.17, 15) is 0 Å². The first-order valence-electron chi connectivity index (χ1n) is 53.2. The quantitative estimate of drug-likeness (QED) is 0.0263. The first-order chi connectivity index (χ1) is 64.2. The van der Waals surface area contributed by atoms with Crippen molar-refractivity contribution in [1.29, 1.82) is 0 Å². The zero-order chi connectivity index (χ0) is 90.4. The van der Waals surface area contributed by atoms with Crippen LogP contribution in [0.4, 0.5) is 0 Å². The van der Waals surface area contributed by atoms with E-state index < -0.39 is 0 Å². The SMILES string of the molecule is CCCCCCCCC(CCCCC)c1ccc(-c2ccc(-c3ccc(C(=C(c4ccc(-c5ccc(-c6ccc(C(CCCCC)CCCCCCCC)cc6)cc5)cc4)c4ccc(-c5ccc(-c6ccc(C(CCCCC)CCCCCCCC)cc6)cc5)cc4)c4ccc(-c5ccc(-c6ccc(C(CCCCC)CCCCCCCC)cc6)cc5)cc4)cc3)cc2)cc1. The second-order valence-electron chi connectivity index (χ2n) is 38.9. The molecule has 0 aromatic heterocycles. The van der Waals surface area contributed by atoms with E-state index in [4.69, 9.17) is 0 Å². The maximum Gasteiger partial charge on any atom is -0.00268 e. The molecule has 0 heterocycles. The molecule has 0 spiro atoms. The third kappa shape index (κ3) is 30.7. The molecule has 4 unspecified atom stereocenters. The molecule has 0 saturated carbocycles. The van der Waals surface area contributed by atoms with Crippen molar-refractivity contribution < 1.29 is 0 Å². The largest absolute Gasteiger partial charge is 0.0654 e. The summed E-state index contributed by atoms with van der Waals surface area (Å²) in [5, 5.41) is 0. The molecule has 0 aliphatic rings. The van der Waals surface area contributed by atoms with Gasteiger partial charge in [0.25, 0.3) is 0 Å². The summed E-state index contributed by atoms with van der Waals surface area (Å²) in [6, 6.07) is 114. The molecule has 4 atom stereocenters. The first kappa shape index (κ1) is 99.4. The Morgan fingerprint density at radius 2 is 0.223 bits per heavy atom. The molecule has 130 heavy (non-hydrogen) atoms. The molecule has 0 amide bonds. The van der Waals surface area contributed by atoms with E-state index >= 15 is 0 Å². The van der Waals surface area contributed by atoms with Crippen LogP contribution >= 0.6 is 0 Å². The Morgan fingerprint density at radius 3 is 0.362 bits per heavy atom. The summed E-state index contributed by atoms with van der Waals surface area (Å²) in [6.07, 6.45) is 58.5. The van der Waals surface area contributed by atoms with Gasteiger partial charge in [-0.3, -0.25) is 0 Å². The van der Waals surface area contributed by atoms with E-state index in [0.717, 1.165) is 0 Å². The average Bonchev–Trinajstić information content (AvgIpc) is 0.766. The van der Waals surface area contributed by atoms with Gasteiger partial charge in [-0.2, -0.15) is 0 Å². The lowest BCUT2D eigenvalue weighted by atomic mass is 9.84. The van der Waals surface area contributed by atoms with Crippen molar-refractivity contribution in [2.75, 3.05) is 0 Å². The molecule has 0 radical (unpaired) electrons. The predicted octanol–water partition coefficient (Wildman–Crippen LogP) is 41.7. The van der Waals surface area contributed by atoms with E-state index in [1.54, 1.807) is 0 Å². The smallest absolute Gasteiger partial charge is 0.00268 e. The zero-order valence-electron chi connectivity index (χ0n) is 82.1. The zero-order valence-corrected chi connectivity index (χ0v) is 82.1. The van der Waals surface area contributed by atoms with Crippen LogP contribution in [0.15, 0.2) is 291 Å². The molecular weight excluding hydrogens is 1560 g/mol. The Morgan fingerprint density at radius 1 is 0.123 bits per heavy atom. The topological polar surface area (TPSA) is 0 Å². The molecule has 12 aromatic carbocycles. The van der Waals surface area contributed by atoms with Crippen molar-refractivity contribution >= 4 is 11.1 Å². The van der Waals surface area contributed by atoms with Gasteiger partial charge in [0.2, 0.25) is 0 Å². The van der Waals surface area contributed by atoms with Crippen LogP contribution in [-0.4, -0.2) is 0 Å². The summed E-state index contributed by atoms with van der Waals surface area (Å²) in [7, 11) is 0. The summed E-state index contributed by atoms with van der Waals surface area (Å²) in [5.41, 5.74) is 33.0. The van der Waals surface area contributed by atoms with Gasteiger partial charge in [-0.05, 0) is 220 Å². The summed E-state index contributed by atoms with van der Waals surface area (Å²) in [6.45, 7) is 18.6. The van der Waals surface area contributed by atoms with Gasteiger partial charge in [-0.15, -0.1) is 0 Å². The lowest BCUT2D eigenvalue weighted by Crippen LogP contribution is -2.00. The van der Waals surface area contributed by atoms with Gasteiger partial charge in [0.05, 0.1) is 0 Å². The van der Waals surface area contributed by atoms with Gasteiger partial charge >= 0.3 is 0 Å². The molecule has 0 saturated heterocycles. The van der Waals surface area contributed by atoms with Crippen molar-refractivity contribution in [2.24, 2.45) is 0 Å². The number of unbranched alkanes of at least 4 members (excludes halogenated alkanes) is 28. The van der Waals surface area contributed by atoms with Crippen LogP contribution in [0.5, 0.6) is 0 Å². The van der Waals surface area contributed by atoms with Crippen LogP contribution < -0.4 is 0 Å². The van der Waals surface area contributed by atoms with Crippen molar-refractivity contribution in [3.63, 3.8) is 0 Å². The third-order valence-electron chi connectivity index (χ3n) is 28.9. The van der Waals surface area contributed by atoms with E-state index in [0.29, 0.717) is 23.7 Å². The second kappa shape index (κ2) is 56.3. The minimum absolute atomic E-state index is 0.641. The molecule has 0 fully saturated rings. The Hall–Kier alpha value is -9.62. The Kier molecular flexibility index (Phi) is 43.0. The summed E-state index contributed by atoms with van der Waals surface area (Å²) in [4.78, 5) is 0. The van der Waals surface area contributed by atoms with Crippen molar-refractivity contribution in [1.82, 2.24) is 0 Å². The van der Waals surface area contributed by atoms with Crippen molar-refractivity contribution in [2.45, 2.75) is 362 Å². The Bertz CT molecular complexity index is 4420. The molecule has 0 bridgehead atoms. The Labute approximate surface area is 792 Å². The number of benzene rings is 12. The molecule has 0 N–H and O–H groups in total. The summed E-state index contributed by atoms with van der Waals surface area (Å²) >= 11 is 0. The number of hydrogen-bond donors (Lipinski definition) is 0. The fraction of sp³-hybridized carbons (Fsp3) is 0.431. The molecule has 0 heteroatoms. The highest BCUT2D eigenvalue weighted by Crippen LogP contribution is 2.43. The fourth-order valence-electron chi connectivity index (χ4n) is 20.6. The maximum absolute atomic E-state index is 2.45. The minimum atomic E-state index is 0.641. The molecule has 0 aliphatic heterocycles. The van der Waals surface area contributed by atoms with Gasteiger partial charge in [0, 0.05) is 0 Å². The molecule has 12 aromatic rings. The lowest BCUT2D eigenvalue weighted by Gasteiger charge is -2.20. The Balaban J connectivity index is 0.879. The third-order valence-corrected chi connectivity index (χ3v) is 28.9. The number of hydrogen-bond acceptors (Lipinski definition) is 0. The van der Waals surface area contributed by atoms with Crippen LogP contribution in [0.2, 0.25) is 0 Å². The molecular formula is C130H164. The standard InChI is InChI=1S/C130H164/c1-9-17-25-29-33-41-49-101(45-37-21-13-5)105-53-61-109(62-54-105)113-69-77-117(78-70-113)121-85-93-125(94-86-121)129(126-95-87-122(88-96-126)118-79-71-114(72-80-118)110-63-55-106(56-64-110)102(46-38-22-14-6)50-42-34-30-26-18-10-2)130(127-97-89-123(90-98-127)119-81-73-115(74-82-119)111-65-57-107(58-66-111)103(47-39-23-15-7)51-43-35-31-27-19-11-3)128-99-91-124(92-100-128)120-83-75-116(76-84-120)112-67-59-108(60-68-112)104(48-40-24-16-8)52-44-36-32-28-20-12-4/h53-104H,9-52H2,1-8H3. The highest BCUT2D eigenvalue weighted by Gasteiger charge is 2.22. The van der Waals surface area contributed by atoms with E-state index in [1.807, 2.05) is 0 Å². The fourth-order valence-corrected chi connectivity index (χ4v) is 20.6. The van der Waals surface area contributed by atoms with Gasteiger partial charge in [-0.1, -0.05) is 578 Å². The van der Waals surface area contributed by atoms with Gasteiger partial charge < -0.3 is 0 Å². The summed E-state index contributed by atoms with van der Waals surface area (Å²) in [5.74, 6) is 2.57.